The lowest BCUT2D eigenvalue weighted by Crippen LogP contribution is -2.15. The highest BCUT2D eigenvalue weighted by atomic mass is 16.1. The average molecular weight is 255 g/mol. The molecule has 0 aliphatic heterocycles. The van der Waals surface area contributed by atoms with Gasteiger partial charge in [-0.1, -0.05) is 37.0 Å². The Morgan fingerprint density at radius 1 is 1.26 bits per heavy atom. The van der Waals surface area contributed by atoms with Crippen molar-refractivity contribution in [1.29, 1.82) is 0 Å². The molecule has 0 saturated heterocycles. The number of hydrogen-bond donors (Lipinski definition) is 1. The van der Waals surface area contributed by atoms with Gasteiger partial charge in [-0.2, -0.15) is 0 Å². The quantitative estimate of drug-likeness (QED) is 0.747. The summed E-state index contributed by atoms with van der Waals surface area (Å²) in [6, 6.07) is 0. The van der Waals surface area contributed by atoms with Gasteiger partial charge in [0.25, 0.3) is 0 Å². The van der Waals surface area contributed by atoms with Crippen LogP contribution in [0.25, 0.3) is 0 Å². The number of primary amides is 1. The molecule has 0 heterocycles. The second kappa shape index (κ2) is 5.87. The Balaban J connectivity index is 2.39. The smallest absolute Gasteiger partial charge is 0.221 e. The van der Waals surface area contributed by atoms with E-state index in [9.17, 15) is 4.79 Å². The summed E-state index contributed by atoms with van der Waals surface area (Å²) in [6.07, 6.45) is 11.5. The molecule has 0 fully saturated rings. The van der Waals surface area contributed by atoms with Gasteiger partial charge in [0, 0.05) is 0 Å². The van der Waals surface area contributed by atoms with Crippen molar-refractivity contribution in [3.05, 3.63) is 59.3 Å². The van der Waals surface area contributed by atoms with Crippen molar-refractivity contribution in [1.82, 2.24) is 0 Å². The van der Waals surface area contributed by atoms with Crippen LogP contribution in [0.3, 0.4) is 0 Å². The lowest BCUT2D eigenvalue weighted by Gasteiger charge is -2.23. The van der Waals surface area contributed by atoms with Crippen LogP contribution in [-0.4, -0.2) is 5.91 Å². The lowest BCUT2D eigenvalue weighted by atomic mass is 9.82. The molecule has 0 bridgehead atoms. The van der Waals surface area contributed by atoms with Crippen molar-refractivity contribution in [2.24, 2.45) is 5.73 Å². The van der Waals surface area contributed by atoms with E-state index in [1.165, 1.54) is 29.6 Å². The molecule has 0 aromatic heterocycles. The molecule has 0 aromatic rings. The summed E-state index contributed by atoms with van der Waals surface area (Å²) in [5, 5.41) is 0. The van der Waals surface area contributed by atoms with Crippen LogP contribution in [0.4, 0.5) is 0 Å². The Labute approximate surface area is 115 Å². The standard InChI is InChI=1S/C17H21NO/c1-3-4-6-12(2)14-10-9-13-7-5-8-15(13)16(14)11-17(18)19/h3-4,6H,1-2,5,7-11H2,(H2,18,19)/b6-4-. The third kappa shape index (κ3) is 2.95. The molecule has 2 aliphatic rings. The summed E-state index contributed by atoms with van der Waals surface area (Å²) in [5.74, 6) is -0.256. The van der Waals surface area contributed by atoms with E-state index in [0.717, 1.165) is 30.4 Å². The predicted molar refractivity (Wildman–Crippen MR) is 79.4 cm³/mol. The molecular weight excluding hydrogens is 234 g/mol. The summed E-state index contributed by atoms with van der Waals surface area (Å²) >= 11 is 0. The zero-order chi connectivity index (χ0) is 13.8. The first-order chi connectivity index (χ1) is 9.13. The Kier molecular flexibility index (Phi) is 4.20. The van der Waals surface area contributed by atoms with Gasteiger partial charge in [-0.05, 0) is 54.4 Å². The number of carbonyl (C=O) groups is 1. The maximum absolute atomic E-state index is 11.3. The van der Waals surface area contributed by atoms with Crippen molar-refractivity contribution in [2.75, 3.05) is 0 Å². The number of amides is 1. The zero-order valence-electron chi connectivity index (χ0n) is 11.4. The molecule has 100 valence electrons. The Bertz CT molecular complexity index is 517. The molecule has 0 radical (unpaired) electrons. The summed E-state index contributed by atoms with van der Waals surface area (Å²) in [7, 11) is 0. The highest BCUT2D eigenvalue weighted by molar-refractivity contribution is 5.79. The molecule has 2 rings (SSSR count). The second-order valence-corrected chi connectivity index (χ2v) is 5.16. The van der Waals surface area contributed by atoms with Crippen molar-refractivity contribution >= 4 is 5.91 Å². The Hall–Kier alpha value is -1.83. The second-order valence-electron chi connectivity index (χ2n) is 5.16. The lowest BCUT2D eigenvalue weighted by molar-refractivity contribution is -0.117. The van der Waals surface area contributed by atoms with Gasteiger partial charge in [0.2, 0.25) is 5.91 Å². The van der Waals surface area contributed by atoms with Crippen LogP contribution in [0.15, 0.2) is 59.3 Å². The number of rotatable bonds is 5. The number of nitrogens with two attached hydrogens (primary N) is 1. The van der Waals surface area contributed by atoms with Crippen LogP contribution in [0.2, 0.25) is 0 Å². The molecule has 0 unspecified atom stereocenters. The summed E-state index contributed by atoms with van der Waals surface area (Å²) in [6.45, 7) is 7.79. The van der Waals surface area contributed by atoms with Gasteiger partial charge >= 0.3 is 0 Å². The largest absolute Gasteiger partial charge is 0.369 e. The van der Waals surface area contributed by atoms with E-state index in [1.54, 1.807) is 6.08 Å². The summed E-state index contributed by atoms with van der Waals surface area (Å²) in [4.78, 5) is 11.3. The van der Waals surface area contributed by atoms with Crippen molar-refractivity contribution in [2.45, 2.75) is 38.5 Å². The minimum atomic E-state index is -0.256. The van der Waals surface area contributed by atoms with E-state index in [1.807, 2.05) is 12.2 Å². The first kappa shape index (κ1) is 13.6. The van der Waals surface area contributed by atoms with Gasteiger partial charge in [-0.15, -0.1) is 0 Å². The molecular formula is C17H21NO. The van der Waals surface area contributed by atoms with E-state index in [4.69, 9.17) is 5.73 Å². The van der Waals surface area contributed by atoms with Gasteiger partial charge in [0.05, 0.1) is 6.42 Å². The number of allylic oxidation sites excluding steroid dienone is 7. The van der Waals surface area contributed by atoms with E-state index in [-0.39, 0.29) is 5.91 Å². The maximum Gasteiger partial charge on any atom is 0.221 e. The summed E-state index contributed by atoms with van der Waals surface area (Å²) < 4.78 is 0. The zero-order valence-corrected chi connectivity index (χ0v) is 11.4. The molecule has 2 aliphatic carbocycles. The highest BCUT2D eigenvalue weighted by Crippen LogP contribution is 2.43. The molecule has 2 heteroatoms. The average Bonchev–Trinajstić information content (AvgIpc) is 2.84. The molecule has 0 aromatic carbocycles. The fraction of sp³-hybridized carbons (Fsp3) is 0.353. The minimum Gasteiger partial charge on any atom is -0.369 e. The third-order valence-corrected chi connectivity index (χ3v) is 3.91. The fourth-order valence-electron chi connectivity index (χ4n) is 3.08. The highest BCUT2D eigenvalue weighted by Gasteiger charge is 2.26. The first-order valence-electron chi connectivity index (χ1n) is 6.83. The van der Waals surface area contributed by atoms with E-state index < -0.39 is 0 Å². The van der Waals surface area contributed by atoms with Crippen LogP contribution in [0.5, 0.6) is 0 Å². The minimum absolute atomic E-state index is 0.256. The molecule has 2 N–H and O–H groups in total. The third-order valence-electron chi connectivity index (χ3n) is 3.91. The topological polar surface area (TPSA) is 43.1 Å². The van der Waals surface area contributed by atoms with Gasteiger partial charge in [-0.3, -0.25) is 4.79 Å². The van der Waals surface area contributed by atoms with E-state index >= 15 is 0 Å². The van der Waals surface area contributed by atoms with Gasteiger partial charge in [0.15, 0.2) is 0 Å². The SMILES string of the molecule is C=C/C=C\C(=C)C1=C(CC(N)=O)C2=C(CCC2)CC1. The van der Waals surface area contributed by atoms with Crippen LogP contribution in [0, 0.1) is 0 Å². The van der Waals surface area contributed by atoms with Crippen molar-refractivity contribution in [3.63, 3.8) is 0 Å². The first-order valence-corrected chi connectivity index (χ1v) is 6.83. The van der Waals surface area contributed by atoms with Gasteiger partial charge in [0.1, 0.15) is 0 Å². The van der Waals surface area contributed by atoms with Crippen molar-refractivity contribution in [3.8, 4) is 0 Å². The van der Waals surface area contributed by atoms with Gasteiger partial charge < -0.3 is 5.73 Å². The van der Waals surface area contributed by atoms with Gasteiger partial charge in [-0.25, -0.2) is 0 Å². The summed E-state index contributed by atoms with van der Waals surface area (Å²) in [5.41, 5.74) is 11.7. The fourth-order valence-corrected chi connectivity index (χ4v) is 3.08. The number of carbonyl (C=O) groups excluding carboxylic acids is 1. The van der Waals surface area contributed by atoms with E-state index in [2.05, 4.69) is 13.2 Å². The monoisotopic (exact) mass is 255 g/mol. The van der Waals surface area contributed by atoms with Crippen LogP contribution >= 0.6 is 0 Å². The van der Waals surface area contributed by atoms with Crippen LogP contribution in [0.1, 0.15) is 38.5 Å². The molecule has 1 amide bonds. The van der Waals surface area contributed by atoms with Crippen molar-refractivity contribution < 1.29 is 4.79 Å². The maximum atomic E-state index is 11.3. The van der Waals surface area contributed by atoms with Crippen LogP contribution in [-0.2, 0) is 4.79 Å². The normalized spacial score (nSPS) is 18.9. The predicted octanol–water partition coefficient (Wildman–Crippen LogP) is 3.73. The molecule has 2 nitrogen and oxygen atoms in total. The molecule has 0 saturated carbocycles. The Morgan fingerprint density at radius 2 is 2.05 bits per heavy atom. The Morgan fingerprint density at radius 3 is 2.74 bits per heavy atom. The van der Waals surface area contributed by atoms with E-state index in [0.29, 0.717) is 6.42 Å². The molecule has 19 heavy (non-hydrogen) atoms. The molecule has 0 atom stereocenters. The molecule has 0 spiro atoms. The van der Waals surface area contributed by atoms with Crippen LogP contribution < -0.4 is 5.73 Å². The number of hydrogen-bond acceptors (Lipinski definition) is 1.